The van der Waals surface area contributed by atoms with Crippen LogP contribution in [-0.2, 0) is 11.3 Å². The van der Waals surface area contributed by atoms with Crippen molar-refractivity contribution in [1.29, 1.82) is 0 Å². The second kappa shape index (κ2) is 4.51. The van der Waals surface area contributed by atoms with Crippen molar-refractivity contribution < 1.29 is 9.90 Å². The molecule has 0 amide bonds. The molecule has 0 aliphatic rings. The summed E-state index contributed by atoms with van der Waals surface area (Å²) in [5, 5.41) is 11.4. The molecule has 0 fully saturated rings. The van der Waals surface area contributed by atoms with E-state index in [1.54, 1.807) is 19.2 Å². The fraction of sp³-hybridized carbons (Fsp3) is 0.375. The van der Waals surface area contributed by atoms with Crippen molar-refractivity contribution >= 4 is 5.97 Å². The lowest BCUT2D eigenvalue weighted by molar-refractivity contribution is -0.139. The predicted octanol–water partition coefficient (Wildman–Crippen LogP) is 0.0393. The Morgan fingerprint density at radius 3 is 3.08 bits per heavy atom. The van der Waals surface area contributed by atoms with Gasteiger partial charge in [-0.2, -0.15) is 0 Å². The molecule has 1 rings (SSSR count). The van der Waals surface area contributed by atoms with Gasteiger partial charge in [-0.3, -0.25) is 10.1 Å². The lowest BCUT2D eigenvalue weighted by atomic mass is 10.3. The normalized spacial score (nSPS) is 12.4. The summed E-state index contributed by atoms with van der Waals surface area (Å²) in [5.74, 6) is -0.867. The summed E-state index contributed by atoms with van der Waals surface area (Å²) in [7, 11) is 0. The largest absolute Gasteiger partial charge is 0.480 e. The number of nitrogens with one attached hydrogen (secondary N) is 1. The number of hydrogen-bond acceptors (Lipinski definition) is 4. The molecule has 1 heterocycles. The predicted molar refractivity (Wildman–Crippen MR) is 46.0 cm³/mol. The van der Waals surface area contributed by atoms with Crippen LogP contribution in [-0.4, -0.2) is 27.1 Å². The van der Waals surface area contributed by atoms with Crippen molar-refractivity contribution in [2.24, 2.45) is 0 Å². The molecular formula is C8H11N3O2. The van der Waals surface area contributed by atoms with E-state index in [1.165, 1.54) is 6.33 Å². The first kappa shape index (κ1) is 9.60. The average molecular weight is 181 g/mol. The maximum absolute atomic E-state index is 10.4. The van der Waals surface area contributed by atoms with Gasteiger partial charge in [0.2, 0.25) is 0 Å². The molecule has 5 heteroatoms. The van der Waals surface area contributed by atoms with Crippen LogP contribution in [0.15, 0.2) is 18.6 Å². The smallest absolute Gasteiger partial charge is 0.320 e. The Morgan fingerprint density at radius 1 is 1.77 bits per heavy atom. The van der Waals surface area contributed by atoms with E-state index in [0.29, 0.717) is 6.54 Å². The third-order valence-electron chi connectivity index (χ3n) is 1.60. The SMILES string of the molecule is CC(NCc1ccncn1)C(=O)O. The fourth-order valence-electron chi connectivity index (χ4n) is 0.768. The molecule has 5 nitrogen and oxygen atoms in total. The summed E-state index contributed by atoms with van der Waals surface area (Å²) in [4.78, 5) is 18.1. The first-order valence-corrected chi connectivity index (χ1v) is 3.91. The van der Waals surface area contributed by atoms with Crippen molar-refractivity contribution in [3.63, 3.8) is 0 Å². The van der Waals surface area contributed by atoms with Gasteiger partial charge >= 0.3 is 5.97 Å². The Hall–Kier alpha value is -1.49. The van der Waals surface area contributed by atoms with Gasteiger partial charge in [-0.05, 0) is 13.0 Å². The van der Waals surface area contributed by atoms with E-state index in [4.69, 9.17) is 5.11 Å². The molecule has 0 spiro atoms. The first-order valence-electron chi connectivity index (χ1n) is 3.91. The zero-order valence-corrected chi connectivity index (χ0v) is 7.27. The molecule has 0 saturated heterocycles. The van der Waals surface area contributed by atoms with Gasteiger partial charge in [0.25, 0.3) is 0 Å². The molecular weight excluding hydrogens is 170 g/mol. The monoisotopic (exact) mass is 181 g/mol. The van der Waals surface area contributed by atoms with Crippen molar-refractivity contribution in [2.75, 3.05) is 0 Å². The number of aliphatic carboxylic acids is 1. The number of carboxylic acids is 1. The summed E-state index contributed by atoms with van der Waals surface area (Å²) in [6.07, 6.45) is 3.05. The lowest BCUT2D eigenvalue weighted by Crippen LogP contribution is -2.33. The molecule has 2 N–H and O–H groups in total. The van der Waals surface area contributed by atoms with Crippen molar-refractivity contribution in [3.8, 4) is 0 Å². The molecule has 1 unspecified atom stereocenters. The van der Waals surface area contributed by atoms with E-state index in [2.05, 4.69) is 15.3 Å². The van der Waals surface area contributed by atoms with Gasteiger partial charge in [0.15, 0.2) is 0 Å². The van der Waals surface area contributed by atoms with Gasteiger partial charge in [0.1, 0.15) is 12.4 Å². The zero-order valence-electron chi connectivity index (χ0n) is 7.27. The van der Waals surface area contributed by atoms with Crippen LogP contribution in [0.4, 0.5) is 0 Å². The van der Waals surface area contributed by atoms with Gasteiger partial charge in [0.05, 0.1) is 5.69 Å². The lowest BCUT2D eigenvalue weighted by Gasteiger charge is -2.07. The van der Waals surface area contributed by atoms with Crippen LogP contribution in [0.3, 0.4) is 0 Å². The number of carbonyl (C=O) groups is 1. The Kier molecular flexibility index (Phi) is 3.33. The minimum atomic E-state index is -0.867. The summed E-state index contributed by atoms with van der Waals surface area (Å²) in [6, 6.07) is 1.18. The van der Waals surface area contributed by atoms with Crippen LogP contribution in [0.25, 0.3) is 0 Å². The standard InChI is InChI=1S/C8H11N3O2/c1-6(8(12)13)10-4-7-2-3-9-5-11-7/h2-3,5-6,10H,4H2,1H3,(H,12,13). The highest BCUT2D eigenvalue weighted by molar-refractivity contribution is 5.72. The molecule has 0 saturated carbocycles. The molecule has 1 aromatic heterocycles. The van der Waals surface area contributed by atoms with Gasteiger partial charge in [0, 0.05) is 12.7 Å². The van der Waals surface area contributed by atoms with Crippen LogP contribution < -0.4 is 5.32 Å². The molecule has 0 aromatic carbocycles. The number of rotatable bonds is 4. The average Bonchev–Trinajstić information content (AvgIpc) is 2.15. The van der Waals surface area contributed by atoms with Gasteiger partial charge < -0.3 is 5.11 Å². The molecule has 70 valence electrons. The van der Waals surface area contributed by atoms with Crippen LogP contribution in [0.2, 0.25) is 0 Å². The summed E-state index contributed by atoms with van der Waals surface area (Å²) < 4.78 is 0. The van der Waals surface area contributed by atoms with E-state index in [1.807, 2.05) is 0 Å². The minimum absolute atomic E-state index is 0.440. The number of nitrogens with zero attached hydrogens (tertiary/aromatic N) is 2. The third kappa shape index (κ3) is 3.16. The van der Waals surface area contributed by atoms with Crippen LogP contribution in [0.5, 0.6) is 0 Å². The maximum Gasteiger partial charge on any atom is 0.320 e. The fourth-order valence-corrected chi connectivity index (χ4v) is 0.768. The molecule has 0 radical (unpaired) electrons. The van der Waals surface area contributed by atoms with E-state index in [9.17, 15) is 4.79 Å². The third-order valence-corrected chi connectivity index (χ3v) is 1.60. The van der Waals surface area contributed by atoms with Crippen molar-refractivity contribution in [2.45, 2.75) is 19.5 Å². The van der Waals surface area contributed by atoms with Crippen LogP contribution in [0, 0.1) is 0 Å². The Morgan fingerprint density at radius 2 is 2.54 bits per heavy atom. The second-order valence-electron chi connectivity index (χ2n) is 2.64. The van der Waals surface area contributed by atoms with E-state index >= 15 is 0 Å². The molecule has 1 aromatic rings. The van der Waals surface area contributed by atoms with E-state index in [-0.39, 0.29) is 0 Å². The maximum atomic E-state index is 10.4. The second-order valence-corrected chi connectivity index (χ2v) is 2.64. The highest BCUT2D eigenvalue weighted by atomic mass is 16.4. The molecule has 1 atom stereocenters. The van der Waals surface area contributed by atoms with Crippen molar-refractivity contribution in [1.82, 2.24) is 15.3 Å². The Balaban J connectivity index is 2.39. The first-order chi connectivity index (χ1) is 6.20. The van der Waals surface area contributed by atoms with E-state index < -0.39 is 12.0 Å². The highest BCUT2D eigenvalue weighted by Crippen LogP contribution is 1.91. The van der Waals surface area contributed by atoms with Crippen LogP contribution >= 0.6 is 0 Å². The van der Waals surface area contributed by atoms with Gasteiger partial charge in [-0.15, -0.1) is 0 Å². The quantitative estimate of drug-likeness (QED) is 0.686. The molecule has 0 aliphatic carbocycles. The Bertz CT molecular complexity index is 276. The van der Waals surface area contributed by atoms with Crippen molar-refractivity contribution in [3.05, 3.63) is 24.3 Å². The highest BCUT2D eigenvalue weighted by Gasteiger charge is 2.08. The summed E-state index contributed by atoms with van der Waals surface area (Å²) in [6.45, 7) is 2.03. The molecule has 13 heavy (non-hydrogen) atoms. The molecule has 0 bridgehead atoms. The van der Waals surface area contributed by atoms with Gasteiger partial charge in [-0.1, -0.05) is 0 Å². The minimum Gasteiger partial charge on any atom is -0.480 e. The van der Waals surface area contributed by atoms with E-state index in [0.717, 1.165) is 5.69 Å². The number of hydrogen-bond donors (Lipinski definition) is 2. The molecule has 0 aliphatic heterocycles. The van der Waals surface area contributed by atoms with Crippen LogP contribution in [0.1, 0.15) is 12.6 Å². The summed E-state index contributed by atoms with van der Waals surface area (Å²) in [5.41, 5.74) is 0.781. The number of carboxylic acid groups (broad SMARTS) is 1. The summed E-state index contributed by atoms with van der Waals surface area (Å²) >= 11 is 0. The zero-order chi connectivity index (χ0) is 9.68. The Labute approximate surface area is 75.8 Å². The topological polar surface area (TPSA) is 75.1 Å². The van der Waals surface area contributed by atoms with Gasteiger partial charge in [-0.25, -0.2) is 9.97 Å². The number of aromatic nitrogens is 2.